The highest BCUT2D eigenvalue weighted by molar-refractivity contribution is 7.92. The smallest absolute Gasteiger partial charge is 0.233 e. The number of benzene rings is 1. The van der Waals surface area contributed by atoms with Crippen molar-refractivity contribution in [3.8, 4) is 11.8 Å². The zero-order valence-corrected chi connectivity index (χ0v) is 18.4. The summed E-state index contributed by atoms with van der Waals surface area (Å²) in [6.07, 6.45) is 8.30. The number of nitrogens with one attached hydrogen (secondary N) is 1. The largest absolute Gasteiger partial charge is 0.397 e. The molecule has 3 N–H and O–H groups in total. The van der Waals surface area contributed by atoms with E-state index in [0.717, 1.165) is 11.3 Å². The first-order chi connectivity index (χ1) is 15.0. The van der Waals surface area contributed by atoms with Gasteiger partial charge in [0.2, 0.25) is 10.0 Å². The molecule has 0 spiro atoms. The number of nitrogens with two attached hydrogens (primary N) is 1. The average Bonchev–Trinajstić information content (AvgIpc) is 2.82. The van der Waals surface area contributed by atoms with Crippen molar-refractivity contribution in [1.82, 2.24) is 4.98 Å². The SMILES string of the molecule is C=O.C=O.Nc1ccccc1NS(=O)(=O)CCc1ccc(C#CC2CCCCC2)nc1. The number of nitrogen functional groups attached to an aromatic ring is 1. The number of carbonyl (C=O) groups excluding carboxylic acids is 2. The van der Waals surface area contributed by atoms with Gasteiger partial charge in [-0.2, -0.15) is 0 Å². The third-order valence-electron chi connectivity index (χ3n) is 4.72. The maximum Gasteiger partial charge on any atom is 0.233 e. The van der Waals surface area contributed by atoms with Crippen LogP contribution in [-0.4, -0.2) is 32.7 Å². The second-order valence-electron chi connectivity index (χ2n) is 6.91. The zero-order valence-electron chi connectivity index (χ0n) is 17.5. The second-order valence-corrected chi connectivity index (χ2v) is 8.76. The van der Waals surface area contributed by atoms with Crippen molar-refractivity contribution in [3.63, 3.8) is 0 Å². The van der Waals surface area contributed by atoms with Gasteiger partial charge in [0, 0.05) is 12.1 Å². The van der Waals surface area contributed by atoms with Gasteiger partial charge in [-0.05, 0) is 48.9 Å². The number of hydrogen-bond donors (Lipinski definition) is 2. The summed E-state index contributed by atoms with van der Waals surface area (Å²) in [7, 11) is -3.48. The van der Waals surface area contributed by atoms with Crippen LogP contribution in [0, 0.1) is 17.8 Å². The number of pyridine rings is 1. The van der Waals surface area contributed by atoms with Crippen LogP contribution in [0.5, 0.6) is 0 Å². The van der Waals surface area contributed by atoms with E-state index in [1.54, 1.807) is 30.5 Å². The lowest BCUT2D eigenvalue weighted by Gasteiger charge is -2.15. The van der Waals surface area contributed by atoms with E-state index >= 15 is 0 Å². The fraction of sp³-hybridized carbons (Fsp3) is 0.348. The summed E-state index contributed by atoms with van der Waals surface area (Å²) in [4.78, 5) is 20.4. The Morgan fingerprint density at radius 2 is 1.71 bits per heavy atom. The Kier molecular flexibility index (Phi) is 11.6. The topological polar surface area (TPSA) is 119 Å². The molecule has 0 atom stereocenters. The predicted molar refractivity (Wildman–Crippen MR) is 124 cm³/mol. The number of carbonyl (C=O) groups is 2. The molecular weight excluding hydrogens is 414 g/mol. The number of aryl methyl sites for hydroxylation is 1. The van der Waals surface area contributed by atoms with Gasteiger partial charge in [0.25, 0.3) is 0 Å². The van der Waals surface area contributed by atoms with Crippen LogP contribution in [0.15, 0.2) is 42.6 Å². The van der Waals surface area contributed by atoms with E-state index in [1.807, 2.05) is 25.7 Å². The molecule has 8 heteroatoms. The number of anilines is 2. The summed E-state index contributed by atoms with van der Waals surface area (Å²) < 4.78 is 27.1. The van der Waals surface area contributed by atoms with Crippen LogP contribution < -0.4 is 10.5 Å². The lowest BCUT2D eigenvalue weighted by Crippen LogP contribution is -2.19. The van der Waals surface area contributed by atoms with Crippen LogP contribution in [0.2, 0.25) is 0 Å². The van der Waals surface area contributed by atoms with Gasteiger partial charge in [0.05, 0.1) is 17.1 Å². The van der Waals surface area contributed by atoms with Crippen molar-refractivity contribution in [2.75, 3.05) is 16.2 Å². The minimum Gasteiger partial charge on any atom is -0.397 e. The van der Waals surface area contributed by atoms with Gasteiger partial charge < -0.3 is 15.3 Å². The molecule has 1 aromatic carbocycles. The molecule has 1 saturated carbocycles. The number of nitrogens with zero attached hydrogens (tertiary/aromatic N) is 1. The minimum absolute atomic E-state index is 0.0316. The number of rotatable bonds is 5. The molecule has 0 bridgehead atoms. The van der Waals surface area contributed by atoms with E-state index < -0.39 is 10.0 Å². The number of sulfonamides is 1. The van der Waals surface area contributed by atoms with Gasteiger partial charge in [-0.25, -0.2) is 13.4 Å². The van der Waals surface area contributed by atoms with Crippen molar-refractivity contribution in [2.45, 2.75) is 38.5 Å². The van der Waals surface area contributed by atoms with Crippen LogP contribution in [0.3, 0.4) is 0 Å². The molecule has 7 nitrogen and oxygen atoms in total. The molecule has 1 fully saturated rings. The van der Waals surface area contributed by atoms with Crippen molar-refractivity contribution >= 4 is 35.0 Å². The number of para-hydroxylation sites is 2. The fourth-order valence-electron chi connectivity index (χ4n) is 3.13. The minimum atomic E-state index is -3.48. The van der Waals surface area contributed by atoms with Crippen LogP contribution in [-0.2, 0) is 26.0 Å². The van der Waals surface area contributed by atoms with E-state index in [1.165, 1.54) is 32.1 Å². The first-order valence-electron chi connectivity index (χ1n) is 9.91. The molecule has 2 aromatic rings. The van der Waals surface area contributed by atoms with Crippen molar-refractivity contribution in [3.05, 3.63) is 53.9 Å². The lowest BCUT2D eigenvalue weighted by atomic mass is 9.90. The van der Waals surface area contributed by atoms with E-state index in [2.05, 4.69) is 21.5 Å². The van der Waals surface area contributed by atoms with E-state index in [-0.39, 0.29) is 5.75 Å². The van der Waals surface area contributed by atoms with Gasteiger partial charge in [-0.1, -0.05) is 43.4 Å². The van der Waals surface area contributed by atoms with E-state index in [9.17, 15) is 8.42 Å². The van der Waals surface area contributed by atoms with E-state index in [0.29, 0.717) is 23.7 Å². The molecule has 0 saturated heterocycles. The third-order valence-corrected chi connectivity index (χ3v) is 5.99. The highest BCUT2D eigenvalue weighted by Crippen LogP contribution is 2.22. The highest BCUT2D eigenvalue weighted by atomic mass is 32.2. The molecule has 0 unspecified atom stereocenters. The molecule has 1 aromatic heterocycles. The van der Waals surface area contributed by atoms with Gasteiger partial charge in [0.1, 0.15) is 19.3 Å². The Morgan fingerprint density at radius 1 is 1.03 bits per heavy atom. The second kappa shape index (κ2) is 13.9. The Hall–Kier alpha value is -3.18. The van der Waals surface area contributed by atoms with Gasteiger partial charge in [-0.3, -0.25) is 4.72 Å². The lowest BCUT2D eigenvalue weighted by molar-refractivity contribution is -0.0987. The first kappa shape index (κ1) is 25.9. The summed E-state index contributed by atoms with van der Waals surface area (Å²) in [5.74, 6) is 6.92. The number of aromatic nitrogens is 1. The molecule has 0 amide bonds. The van der Waals surface area contributed by atoms with E-state index in [4.69, 9.17) is 15.3 Å². The molecule has 1 aliphatic rings. The molecule has 166 valence electrons. The molecule has 31 heavy (non-hydrogen) atoms. The monoisotopic (exact) mass is 443 g/mol. The molecular formula is C23H29N3O4S. The van der Waals surface area contributed by atoms with Crippen LogP contribution in [0.25, 0.3) is 0 Å². The maximum absolute atomic E-state index is 12.3. The highest BCUT2D eigenvalue weighted by Gasteiger charge is 2.13. The van der Waals surface area contributed by atoms with Gasteiger partial charge in [-0.15, -0.1) is 0 Å². The Balaban J connectivity index is 0.00000113. The summed E-state index contributed by atoms with van der Waals surface area (Å²) in [5, 5.41) is 0. The standard InChI is InChI=1S/C21H25N3O2S.2CH2O/c22-20-8-4-5-9-21(20)24-27(25,26)15-14-18-11-13-19(23-16-18)12-10-17-6-2-1-3-7-17;2*1-2/h4-5,8-9,11,13,16-17,24H,1-3,6-7,14-15,22H2;2*1H2. The van der Waals surface area contributed by atoms with Crippen molar-refractivity contribution < 1.29 is 18.0 Å². The zero-order chi connectivity index (χ0) is 23.1. The van der Waals surface area contributed by atoms with Crippen molar-refractivity contribution in [2.24, 2.45) is 5.92 Å². The molecule has 0 radical (unpaired) electrons. The first-order valence-corrected chi connectivity index (χ1v) is 11.6. The number of hydrogen-bond acceptors (Lipinski definition) is 6. The Bertz CT molecular complexity index is 958. The Labute approximate surface area is 184 Å². The molecule has 3 rings (SSSR count). The van der Waals surface area contributed by atoms with Gasteiger partial charge >= 0.3 is 0 Å². The van der Waals surface area contributed by atoms with Crippen LogP contribution >= 0.6 is 0 Å². The average molecular weight is 444 g/mol. The van der Waals surface area contributed by atoms with Crippen LogP contribution in [0.1, 0.15) is 43.4 Å². The normalized spacial score (nSPS) is 13.3. The Morgan fingerprint density at radius 3 is 2.32 bits per heavy atom. The summed E-state index contributed by atoms with van der Waals surface area (Å²) in [5.41, 5.74) is 8.20. The summed E-state index contributed by atoms with van der Waals surface area (Å²) in [6, 6.07) is 10.6. The maximum atomic E-state index is 12.3. The summed E-state index contributed by atoms with van der Waals surface area (Å²) in [6.45, 7) is 4.00. The molecule has 1 heterocycles. The third kappa shape index (κ3) is 9.45. The molecule has 1 aliphatic carbocycles. The van der Waals surface area contributed by atoms with Crippen LogP contribution in [0.4, 0.5) is 11.4 Å². The predicted octanol–water partition coefficient (Wildman–Crippen LogP) is 3.21. The molecule has 0 aliphatic heterocycles. The van der Waals surface area contributed by atoms with Gasteiger partial charge in [0.15, 0.2) is 0 Å². The quantitative estimate of drug-likeness (QED) is 0.541. The van der Waals surface area contributed by atoms with Crippen molar-refractivity contribution in [1.29, 1.82) is 0 Å². The summed E-state index contributed by atoms with van der Waals surface area (Å²) >= 11 is 0. The fourth-order valence-corrected chi connectivity index (χ4v) is 4.26.